The molecule has 0 radical (unpaired) electrons. The topological polar surface area (TPSA) is 12.0 Å². The van der Waals surface area contributed by atoms with Crippen LogP contribution in [0.5, 0.6) is 0 Å². The van der Waals surface area contributed by atoms with Gasteiger partial charge in [0.05, 0.1) is 0 Å². The fraction of sp³-hybridized carbons (Fsp3) is 0.385. The fourth-order valence-corrected chi connectivity index (χ4v) is 1.43. The van der Waals surface area contributed by atoms with Crippen LogP contribution in [0.3, 0.4) is 0 Å². The summed E-state index contributed by atoms with van der Waals surface area (Å²) in [6.45, 7) is 7.07. The highest BCUT2D eigenvalue weighted by Crippen LogP contribution is 2.15. The van der Waals surface area contributed by atoms with E-state index in [1.54, 1.807) is 0 Å². The van der Waals surface area contributed by atoms with Crippen molar-refractivity contribution in [3.8, 4) is 0 Å². The average molecular weight is 189 g/mol. The summed E-state index contributed by atoms with van der Waals surface area (Å²) in [7, 11) is 0. The number of rotatable bonds is 6. The van der Waals surface area contributed by atoms with Gasteiger partial charge in [0.1, 0.15) is 0 Å². The van der Waals surface area contributed by atoms with Crippen LogP contribution in [0.25, 0.3) is 6.08 Å². The van der Waals surface area contributed by atoms with E-state index in [-0.39, 0.29) is 0 Å². The van der Waals surface area contributed by atoms with Gasteiger partial charge in [0, 0.05) is 12.2 Å². The molecular weight excluding hydrogens is 170 g/mol. The third kappa shape index (κ3) is 3.25. The summed E-state index contributed by atoms with van der Waals surface area (Å²) in [6.07, 6.45) is 5.69. The van der Waals surface area contributed by atoms with Crippen LogP contribution in [0.4, 0.5) is 5.69 Å². The van der Waals surface area contributed by atoms with Gasteiger partial charge in [-0.25, -0.2) is 0 Å². The van der Waals surface area contributed by atoms with Crippen LogP contribution in [-0.4, -0.2) is 6.54 Å². The van der Waals surface area contributed by atoms with Gasteiger partial charge in [-0.15, -0.1) is 0 Å². The molecule has 1 aromatic carbocycles. The molecule has 0 amide bonds. The van der Waals surface area contributed by atoms with Crippen LogP contribution in [0.1, 0.15) is 31.7 Å². The number of benzene rings is 1. The van der Waals surface area contributed by atoms with Crippen molar-refractivity contribution in [2.75, 3.05) is 11.9 Å². The first-order valence-corrected chi connectivity index (χ1v) is 5.33. The van der Waals surface area contributed by atoms with E-state index in [4.69, 9.17) is 0 Å². The predicted molar refractivity (Wildman–Crippen MR) is 64.5 cm³/mol. The Morgan fingerprint density at radius 3 is 2.79 bits per heavy atom. The molecule has 0 saturated heterocycles. The van der Waals surface area contributed by atoms with Gasteiger partial charge in [-0.1, -0.05) is 50.6 Å². The smallest absolute Gasteiger partial charge is 0.0413 e. The van der Waals surface area contributed by atoms with Crippen molar-refractivity contribution in [2.24, 2.45) is 0 Å². The quantitative estimate of drug-likeness (QED) is 0.668. The lowest BCUT2D eigenvalue weighted by molar-refractivity contribution is 0.744. The van der Waals surface area contributed by atoms with Crippen molar-refractivity contribution in [3.63, 3.8) is 0 Å². The minimum atomic E-state index is 1.05. The van der Waals surface area contributed by atoms with Crippen LogP contribution in [0.15, 0.2) is 30.8 Å². The maximum absolute atomic E-state index is 3.80. The van der Waals surface area contributed by atoms with Gasteiger partial charge in [-0.2, -0.15) is 0 Å². The molecule has 0 spiro atoms. The molecule has 76 valence electrons. The summed E-state index contributed by atoms with van der Waals surface area (Å²) >= 11 is 0. The number of unbranched alkanes of at least 4 members (excludes halogenated alkanes) is 2. The number of hydrogen-bond acceptors (Lipinski definition) is 1. The second kappa shape index (κ2) is 6.25. The minimum absolute atomic E-state index is 1.05. The zero-order chi connectivity index (χ0) is 10.2. The van der Waals surface area contributed by atoms with Crippen molar-refractivity contribution in [1.29, 1.82) is 0 Å². The summed E-state index contributed by atoms with van der Waals surface area (Å²) in [5.41, 5.74) is 2.38. The average Bonchev–Trinajstić information content (AvgIpc) is 2.25. The molecule has 0 aliphatic carbocycles. The zero-order valence-electron chi connectivity index (χ0n) is 8.92. The van der Waals surface area contributed by atoms with E-state index in [1.807, 2.05) is 12.1 Å². The molecule has 0 fully saturated rings. The van der Waals surface area contributed by atoms with Crippen molar-refractivity contribution in [2.45, 2.75) is 26.2 Å². The molecule has 0 bridgehead atoms. The lowest BCUT2D eigenvalue weighted by Crippen LogP contribution is -2.02. The maximum atomic E-state index is 3.80. The van der Waals surface area contributed by atoms with Crippen molar-refractivity contribution < 1.29 is 0 Å². The minimum Gasteiger partial charge on any atom is -0.385 e. The van der Waals surface area contributed by atoms with E-state index in [0.29, 0.717) is 0 Å². The van der Waals surface area contributed by atoms with E-state index in [9.17, 15) is 0 Å². The summed E-state index contributed by atoms with van der Waals surface area (Å²) in [5, 5.41) is 3.43. The van der Waals surface area contributed by atoms with Gasteiger partial charge in [-0.05, 0) is 18.1 Å². The van der Waals surface area contributed by atoms with E-state index in [2.05, 4.69) is 37.0 Å². The SMILES string of the molecule is C=Cc1ccccc1NCCCCC. The predicted octanol–water partition coefficient (Wildman–Crippen LogP) is 3.93. The summed E-state index contributed by atoms with van der Waals surface area (Å²) in [5.74, 6) is 0. The Morgan fingerprint density at radius 1 is 1.29 bits per heavy atom. The fourth-order valence-electron chi connectivity index (χ4n) is 1.43. The van der Waals surface area contributed by atoms with Gasteiger partial charge in [0.25, 0.3) is 0 Å². The molecule has 0 aromatic heterocycles. The molecule has 0 aliphatic rings. The van der Waals surface area contributed by atoms with Gasteiger partial charge in [-0.3, -0.25) is 0 Å². The Hall–Kier alpha value is -1.24. The van der Waals surface area contributed by atoms with E-state index in [0.717, 1.165) is 6.54 Å². The lowest BCUT2D eigenvalue weighted by Gasteiger charge is -2.08. The molecule has 0 aliphatic heterocycles. The lowest BCUT2D eigenvalue weighted by atomic mass is 10.1. The first-order valence-electron chi connectivity index (χ1n) is 5.33. The standard InChI is InChI=1S/C13H19N/c1-3-5-8-11-14-13-10-7-6-9-12(13)4-2/h4,6-7,9-10,14H,2-3,5,8,11H2,1H3. The Kier molecular flexibility index (Phi) is 4.84. The van der Waals surface area contributed by atoms with Crippen LogP contribution in [-0.2, 0) is 0 Å². The van der Waals surface area contributed by atoms with Gasteiger partial charge >= 0.3 is 0 Å². The molecule has 0 heterocycles. The van der Waals surface area contributed by atoms with E-state index in [1.165, 1.54) is 30.5 Å². The van der Waals surface area contributed by atoms with Crippen LogP contribution >= 0.6 is 0 Å². The molecule has 1 heteroatoms. The third-order valence-corrected chi connectivity index (χ3v) is 2.28. The largest absolute Gasteiger partial charge is 0.385 e. The van der Waals surface area contributed by atoms with Crippen molar-refractivity contribution >= 4 is 11.8 Å². The number of hydrogen-bond donors (Lipinski definition) is 1. The molecule has 1 aromatic rings. The van der Waals surface area contributed by atoms with Crippen LogP contribution < -0.4 is 5.32 Å². The summed E-state index contributed by atoms with van der Waals surface area (Å²) < 4.78 is 0. The molecule has 1 N–H and O–H groups in total. The Balaban J connectivity index is 2.45. The maximum Gasteiger partial charge on any atom is 0.0413 e. The highest BCUT2D eigenvalue weighted by Gasteiger charge is 1.95. The zero-order valence-corrected chi connectivity index (χ0v) is 8.92. The normalized spacial score (nSPS) is 9.79. The molecule has 1 rings (SSSR count). The number of anilines is 1. The second-order valence-corrected chi connectivity index (χ2v) is 3.43. The molecule has 0 atom stereocenters. The number of nitrogens with one attached hydrogen (secondary N) is 1. The molecule has 1 nitrogen and oxygen atoms in total. The monoisotopic (exact) mass is 189 g/mol. The molecule has 14 heavy (non-hydrogen) atoms. The molecular formula is C13H19N. The van der Waals surface area contributed by atoms with E-state index < -0.39 is 0 Å². The van der Waals surface area contributed by atoms with Gasteiger partial charge < -0.3 is 5.32 Å². The molecule has 0 saturated carbocycles. The first kappa shape index (κ1) is 10.8. The van der Waals surface area contributed by atoms with E-state index >= 15 is 0 Å². The van der Waals surface area contributed by atoms with Crippen LogP contribution in [0, 0.1) is 0 Å². The highest BCUT2D eigenvalue weighted by atomic mass is 14.9. The Labute approximate surface area is 86.8 Å². The Bertz CT molecular complexity index is 278. The van der Waals surface area contributed by atoms with Crippen molar-refractivity contribution in [3.05, 3.63) is 36.4 Å². The van der Waals surface area contributed by atoms with Crippen molar-refractivity contribution in [1.82, 2.24) is 0 Å². The summed E-state index contributed by atoms with van der Waals surface area (Å²) in [6, 6.07) is 8.27. The highest BCUT2D eigenvalue weighted by molar-refractivity contribution is 5.65. The van der Waals surface area contributed by atoms with Gasteiger partial charge in [0.2, 0.25) is 0 Å². The Morgan fingerprint density at radius 2 is 2.07 bits per heavy atom. The summed E-state index contributed by atoms with van der Waals surface area (Å²) in [4.78, 5) is 0. The third-order valence-electron chi connectivity index (χ3n) is 2.28. The van der Waals surface area contributed by atoms with Gasteiger partial charge in [0.15, 0.2) is 0 Å². The number of para-hydroxylation sites is 1. The second-order valence-electron chi connectivity index (χ2n) is 3.43. The van der Waals surface area contributed by atoms with Crippen LogP contribution in [0.2, 0.25) is 0 Å². The first-order chi connectivity index (χ1) is 6.88. The molecule has 0 unspecified atom stereocenters.